The minimum absolute atomic E-state index is 0.299. The summed E-state index contributed by atoms with van der Waals surface area (Å²) in [5, 5.41) is 4.90. The molecule has 0 fully saturated rings. The van der Waals surface area contributed by atoms with Crippen LogP contribution < -0.4 is 5.32 Å². The second-order valence-electron chi connectivity index (χ2n) is 4.86. The van der Waals surface area contributed by atoms with Crippen LogP contribution in [0.15, 0.2) is 61.1 Å². The first-order chi connectivity index (χ1) is 10.8. The molecule has 4 nitrogen and oxygen atoms in total. The molecule has 0 unspecified atom stereocenters. The summed E-state index contributed by atoms with van der Waals surface area (Å²) >= 11 is 0. The van der Waals surface area contributed by atoms with E-state index in [0.29, 0.717) is 16.7 Å². The van der Waals surface area contributed by atoms with Gasteiger partial charge in [0.15, 0.2) is 0 Å². The molecule has 2 aromatic carbocycles. The third-order valence-corrected chi connectivity index (χ3v) is 3.50. The highest BCUT2D eigenvalue weighted by Gasteiger charge is 2.09. The molecule has 0 aliphatic rings. The molecule has 0 amide bonds. The molecule has 2 heterocycles. The number of para-hydroxylation sites is 2. The molecular weight excluding hydrogens is 279 g/mol. The Kier molecular flexibility index (Phi) is 2.89. The van der Waals surface area contributed by atoms with E-state index in [-0.39, 0.29) is 5.82 Å². The van der Waals surface area contributed by atoms with Crippen LogP contribution in [0.4, 0.5) is 15.9 Å². The molecule has 0 aliphatic carbocycles. The van der Waals surface area contributed by atoms with E-state index in [1.165, 1.54) is 12.4 Å². The molecule has 1 N–H and O–H groups in total. The summed E-state index contributed by atoms with van der Waals surface area (Å²) in [6, 6.07) is 14.6. The van der Waals surface area contributed by atoms with Gasteiger partial charge in [0.2, 0.25) is 0 Å². The van der Waals surface area contributed by atoms with Gasteiger partial charge < -0.3 is 5.32 Å². The molecule has 5 heteroatoms. The van der Waals surface area contributed by atoms with Crippen molar-refractivity contribution in [3.63, 3.8) is 0 Å². The van der Waals surface area contributed by atoms with Crippen molar-refractivity contribution in [2.45, 2.75) is 0 Å². The Morgan fingerprint density at radius 3 is 2.64 bits per heavy atom. The largest absolute Gasteiger partial charge is 0.338 e. The molecule has 4 rings (SSSR count). The van der Waals surface area contributed by atoms with Gasteiger partial charge in [0, 0.05) is 17.0 Å². The van der Waals surface area contributed by atoms with Crippen LogP contribution in [0.5, 0.6) is 0 Å². The van der Waals surface area contributed by atoms with E-state index in [4.69, 9.17) is 0 Å². The molecule has 0 saturated heterocycles. The Morgan fingerprint density at radius 2 is 1.68 bits per heavy atom. The summed E-state index contributed by atoms with van der Waals surface area (Å²) in [5.41, 5.74) is 1.96. The van der Waals surface area contributed by atoms with Crippen molar-refractivity contribution >= 4 is 33.3 Å². The number of nitrogens with one attached hydrogen (secondary N) is 1. The van der Waals surface area contributed by atoms with Gasteiger partial charge in [-0.3, -0.25) is 4.98 Å². The maximum absolute atomic E-state index is 13.8. The lowest BCUT2D eigenvalue weighted by Gasteiger charge is -2.10. The van der Waals surface area contributed by atoms with E-state index in [1.54, 1.807) is 18.3 Å². The fourth-order valence-electron chi connectivity index (χ4n) is 2.48. The first-order valence-corrected chi connectivity index (χ1v) is 6.83. The number of hydrogen-bond acceptors (Lipinski definition) is 4. The summed E-state index contributed by atoms with van der Waals surface area (Å²) in [7, 11) is 0. The zero-order valence-corrected chi connectivity index (χ0v) is 11.5. The Hall–Kier alpha value is -3.08. The van der Waals surface area contributed by atoms with E-state index < -0.39 is 0 Å². The number of aromatic nitrogens is 3. The monoisotopic (exact) mass is 290 g/mol. The van der Waals surface area contributed by atoms with Gasteiger partial charge in [0.05, 0.1) is 11.2 Å². The summed E-state index contributed by atoms with van der Waals surface area (Å²) < 4.78 is 13.8. The van der Waals surface area contributed by atoms with Gasteiger partial charge in [-0.05, 0) is 24.3 Å². The fourth-order valence-corrected chi connectivity index (χ4v) is 2.48. The van der Waals surface area contributed by atoms with Gasteiger partial charge in [-0.15, -0.1) is 0 Å². The number of pyridine rings is 1. The van der Waals surface area contributed by atoms with Crippen LogP contribution in [-0.4, -0.2) is 15.0 Å². The first-order valence-electron chi connectivity index (χ1n) is 6.83. The van der Waals surface area contributed by atoms with Crippen LogP contribution in [-0.2, 0) is 0 Å². The second kappa shape index (κ2) is 5.04. The van der Waals surface area contributed by atoms with Gasteiger partial charge in [0.25, 0.3) is 0 Å². The average molecular weight is 290 g/mol. The van der Waals surface area contributed by atoms with E-state index in [0.717, 1.165) is 16.6 Å². The summed E-state index contributed by atoms with van der Waals surface area (Å²) in [6.07, 6.45) is 3.09. The predicted octanol–water partition coefficient (Wildman–Crippen LogP) is 4.06. The number of fused-ring (bicyclic) bond motifs is 2. The smallest absolute Gasteiger partial charge is 0.149 e. The van der Waals surface area contributed by atoms with Gasteiger partial charge >= 0.3 is 0 Å². The average Bonchev–Trinajstić information content (AvgIpc) is 2.56. The molecule has 0 saturated carbocycles. The van der Waals surface area contributed by atoms with Crippen LogP contribution in [0.1, 0.15) is 0 Å². The number of hydrogen-bond donors (Lipinski definition) is 1. The Balaban J connectivity index is 1.88. The number of halogens is 1. The first kappa shape index (κ1) is 12.6. The van der Waals surface area contributed by atoms with Gasteiger partial charge in [0.1, 0.15) is 23.5 Å². The molecule has 0 bridgehead atoms. The van der Waals surface area contributed by atoms with E-state index in [2.05, 4.69) is 20.3 Å². The maximum atomic E-state index is 13.8. The fraction of sp³-hybridized carbons (Fsp3) is 0. The van der Waals surface area contributed by atoms with E-state index in [9.17, 15) is 4.39 Å². The topological polar surface area (TPSA) is 50.7 Å². The molecule has 0 radical (unpaired) electrons. The molecule has 106 valence electrons. The Labute approximate surface area is 125 Å². The highest BCUT2D eigenvalue weighted by atomic mass is 19.1. The standard InChI is InChI=1S/C17H11FN4/c18-13-7-2-6-12-16(13)20-10-21-17(12)22-14-8-1-4-11-5-3-9-19-15(11)14/h1-10H,(H,20,21,22). The lowest BCUT2D eigenvalue weighted by Crippen LogP contribution is -1.98. The lowest BCUT2D eigenvalue weighted by atomic mass is 10.2. The van der Waals surface area contributed by atoms with Crippen LogP contribution in [0.3, 0.4) is 0 Å². The minimum Gasteiger partial charge on any atom is -0.338 e. The second-order valence-corrected chi connectivity index (χ2v) is 4.86. The summed E-state index contributed by atoms with van der Waals surface area (Å²) in [4.78, 5) is 12.6. The molecular formula is C17H11FN4. The summed E-state index contributed by atoms with van der Waals surface area (Å²) in [5.74, 6) is 0.196. The minimum atomic E-state index is -0.362. The molecule has 2 aromatic heterocycles. The molecule has 0 aliphatic heterocycles. The van der Waals surface area contributed by atoms with Crippen molar-refractivity contribution in [1.29, 1.82) is 0 Å². The van der Waals surface area contributed by atoms with Crippen LogP contribution in [0.2, 0.25) is 0 Å². The van der Waals surface area contributed by atoms with Crippen molar-refractivity contribution in [3.8, 4) is 0 Å². The quantitative estimate of drug-likeness (QED) is 0.605. The number of rotatable bonds is 2. The molecule has 0 atom stereocenters. The zero-order valence-electron chi connectivity index (χ0n) is 11.5. The van der Waals surface area contributed by atoms with Crippen LogP contribution >= 0.6 is 0 Å². The van der Waals surface area contributed by atoms with Crippen molar-refractivity contribution in [2.75, 3.05) is 5.32 Å². The lowest BCUT2D eigenvalue weighted by molar-refractivity contribution is 0.636. The highest BCUT2D eigenvalue weighted by Crippen LogP contribution is 2.27. The van der Waals surface area contributed by atoms with Gasteiger partial charge in [-0.1, -0.05) is 24.3 Å². The Morgan fingerprint density at radius 1 is 0.818 bits per heavy atom. The van der Waals surface area contributed by atoms with Crippen molar-refractivity contribution < 1.29 is 4.39 Å². The van der Waals surface area contributed by atoms with Gasteiger partial charge in [-0.2, -0.15) is 0 Å². The number of benzene rings is 2. The summed E-state index contributed by atoms with van der Waals surface area (Å²) in [6.45, 7) is 0. The molecule has 4 aromatic rings. The highest BCUT2D eigenvalue weighted by molar-refractivity contribution is 5.96. The normalized spacial score (nSPS) is 11.0. The van der Waals surface area contributed by atoms with Crippen LogP contribution in [0.25, 0.3) is 21.8 Å². The SMILES string of the molecule is Fc1cccc2c(Nc3cccc4cccnc34)ncnc12. The van der Waals surface area contributed by atoms with Crippen molar-refractivity contribution in [1.82, 2.24) is 15.0 Å². The Bertz CT molecular complexity index is 979. The van der Waals surface area contributed by atoms with Crippen LogP contribution in [0, 0.1) is 5.82 Å². The van der Waals surface area contributed by atoms with E-state index >= 15 is 0 Å². The van der Waals surface area contributed by atoms with Crippen molar-refractivity contribution in [3.05, 3.63) is 66.9 Å². The predicted molar refractivity (Wildman–Crippen MR) is 84.5 cm³/mol. The molecule has 22 heavy (non-hydrogen) atoms. The zero-order chi connectivity index (χ0) is 14.9. The third kappa shape index (κ3) is 2.03. The number of nitrogens with zero attached hydrogens (tertiary/aromatic N) is 3. The van der Waals surface area contributed by atoms with Gasteiger partial charge in [-0.25, -0.2) is 14.4 Å². The maximum Gasteiger partial charge on any atom is 0.149 e. The third-order valence-electron chi connectivity index (χ3n) is 3.50. The van der Waals surface area contributed by atoms with Crippen molar-refractivity contribution in [2.24, 2.45) is 0 Å². The van der Waals surface area contributed by atoms with E-state index in [1.807, 2.05) is 30.3 Å². The number of anilines is 2. The molecule has 0 spiro atoms.